The first-order chi connectivity index (χ1) is 8.52. The van der Waals surface area contributed by atoms with E-state index in [-0.39, 0.29) is 18.0 Å². The van der Waals surface area contributed by atoms with Crippen molar-refractivity contribution in [2.24, 2.45) is 5.73 Å². The summed E-state index contributed by atoms with van der Waals surface area (Å²) in [6.07, 6.45) is 5.32. The maximum atomic E-state index is 11.8. The number of hydrogen-bond acceptors (Lipinski definition) is 4. The molecule has 1 fully saturated rings. The number of sulfonamides is 1. The second kappa shape index (κ2) is 5.76. The highest BCUT2D eigenvalue weighted by Gasteiger charge is 2.32. The van der Waals surface area contributed by atoms with Crippen molar-refractivity contribution in [3.05, 3.63) is 0 Å². The fourth-order valence-corrected chi connectivity index (χ4v) is 3.57. The highest BCUT2D eigenvalue weighted by Crippen LogP contribution is 2.29. The molecule has 1 aliphatic rings. The topological polar surface area (TPSA) is 101 Å². The molecule has 0 spiro atoms. The minimum Gasteiger partial charge on any atom is -0.354 e. The van der Waals surface area contributed by atoms with Crippen LogP contribution in [-0.4, -0.2) is 38.2 Å². The van der Waals surface area contributed by atoms with Gasteiger partial charge in [-0.05, 0) is 26.7 Å². The lowest BCUT2D eigenvalue weighted by molar-refractivity contribution is -0.122. The Morgan fingerprint density at radius 2 is 1.84 bits per heavy atom. The van der Waals surface area contributed by atoms with Crippen LogP contribution in [0.2, 0.25) is 0 Å². The maximum Gasteiger partial charge on any atom is 0.221 e. The number of amides is 1. The molecule has 0 aromatic heterocycles. The molecule has 0 radical (unpaired) electrons. The van der Waals surface area contributed by atoms with Crippen LogP contribution < -0.4 is 15.8 Å². The van der Waals surface area contributed by atoms with Crippen molar-refractivity contribution >= 4 is 15.9 Å². The molecule has 1 saturated carbocycles. The largest absolute Gasteiger partial charge is 0.354 e. The average Bonchev–Trinajstić information content (AvgIpc) is 2.58. The van der Waals surface area contributed by atoms with Crippen LogP contribution in [0.3, 0.4) is 0 Å². The van der Waals surface area contributed by atoms with Gasteiger partial charge >= 0.3 is 0 Å². The molecule has 0 unspecified atom stereocenters. The van der Waals surface area contributed by atoms with Crippen LogP contribution in [0.5, 0.6) is 0 Å². The van der Waals surface area contributed by atoms with Crippen LogP contribution in [-0.2, 0) is 14.8 Å². The minimum absolute atomic E-state index is 0.118. The van der Waals surface area contributed by atoms with E-state index in [0.717, 1.165) is 31.9 Å². The van der Waals surface area contributed by atoms with Gasteiger partial charge in [-0.1, -0.05) is 12.8 Å². The summed E-state index contributed by atoms with van der Waals surface area (Å²) >= 11 is 0. The average molecular weight is 291 g/mol. The van der Waals surface area contributed by atoms with E-state index in [4.69, 9.17) is 5.73 Å². The van der Waals surface area contributed by atoms with Crippen LogP contribution >= 0.6 is 0 Å². The van der Waals surface area contributed by atoms with Gasteiger partial charge in [0.2, 0.25) is 15.9 Å². The molecule has 7 heteroatoms. The maximum absolute atomic E-state index is 11.8. The zero-order chi connectivity index (χ0) is 14.7. The molecule has 112 valence electrons. The van der Waals surface area contributed by atoms with E-state index in [1.807, 2.05) is 0 Å². The summed E-state index contributed by atoms with van der Waals surface area (Å²) in [4.78, 5) is 11.8. The number of nitrogens with one attached hydrogen (secondary N) is 2. The van der Waals surface area contributed by atoms with E-state index in [1.54, 1.807) is 13.8 Å². The third-order valence-corrected chi connectivity index (χ3v) is 4.22. The molecule has 1 rings (SSSR count). The fraction of sp³-hybridized carbons (Fsp3) is 0.917. The van der Waals surface area contributed by atoms with E-state index in [0.29, 0.717) is 6.42 Å². The monoisotopic (exact) mass is 291 g/mol. The Morgan fingerprint density at radius 3 is 2.32 bits per heavy atom. The van der Waals surface area contributed by atoms with Crippen LogP contribution in [0.1, 0.15) is 46.0 Å². The summed E-state index contributed by atoms with van der Waals surface area (Å²) in [5, 5.41) is 2.75. The van der Waals surface area contributed by atoms with Crippen molar-refractivity contribution < 1.29 is 13.2 Å². The van der Waals surface area contributed by atoms with Gasteiger partial charge in [-0.3, -0.25) is 4.79 Å². The van der Waals surface area contributed by atoms with Gasteiger partial charge < -0.3 is 11.1 Å². The normalized spacial score (nSPS) is 19.4. The molecule has 0 aromatic carbocycles. The van der Waals surface area contributed by atoms with Gasteiger partial charge in [0.05, 0.1) is 6.26 Å². The first-order valence-electron chi connectivity index (χ1n) is 6.56. The van der Waals surface area contributed by atoms with Crippen LogP contribution in [0.4, 0.5) is 0 Å². The van der Waals surface area contributed by atoms with Crippen molar-refractivity contribution in [1.82, 2.24) is 10.0 Å². The van der Waals surface area contributed by atoms with Crippen molar-refractivity contribution in [2.45, 2.75) is 57.0 Å². The van der Waals surface area contributed by atoms with Crippen molar-refractivity contribution in [2.75, 3.05) is 12.8 Å². The summed E-state index contributed by atoms with van der Waals surface area (Å²) in [7, 11) is -3.29. The highest BCUT2D eigenvalue weighted by atomic mass is 32.2. The van der Waals surface area contributed by atoms with Gasteiger partial charge in [-0.2, -0.15) is 0 Å². The highest BCUT2D eigenvalue weighted by molar-refractivity contribution is 7.88. The number of nitrogens with two attached hydrogens (primary N) is 1. The molecule has 0 atom stereocenters. The van der Waals surface area contributed by atoms with Crippen molar-refractivity contribution in [1.29, 1.82) is 0 Å². The third kappa shape index (κ3) is 6.35. The molecule has 1 amide bonds. The molecule has 0 aliphatic heterocycles. The zero-order valence-corrected chi connectivity index (χ0v) is 12.8. The summed E-state index contributed by atoms with van der Waals surface area (Å²) < 4.78 is 24.8. The fourth-order valence-electron chi connectivity index (χ4n) is 2.50. The van der Waals surface area contributed by atoms with E-state index >= 15 is 0 Å². The predicted octanol–water partition coefficient (Wildman–Crippen LogP) is 0.0920. The molecule has 19 heavy (non-hydrogen) atoms. The summed E-state index contributed by atoms with van der Waals surface area (Å²) in [6.45, 7) is 3.69. The van der Waals surface area contributed by atoms with E-state index in [9.17, 15) is 13.2 Å². The lowest BCUT2D eigenvalue weighted by atomic mass is 9.94. The summed E-state index contributed by atoms with van der Waals surface area (Å²) in [5.74, 6) is -0.118. The minimum atomic E-state index is -3.29. The van der Waals surface area contributed by atoms with Gasteiger partial charge in [0, 0.05) is 24.0 Å². The summed E-state index contributed by atoms with van der Waals surface area (Å²) in [5.41, 5.74) is 5.04. The Bertz CT molecular complexity index is 426. The van der Waals surface area contributed by atoms with Gasteiger partial charge in [0.15, 0.2) is 0 Å². The van der Waals surface area contributed by atoms with Crippen LogP contribution in [0.15, 0.2) is 0 Å². The first-order valence-corrected chi connectivity index (χ1v) is 8.45. The second-order valence-electron chi connectivity index (χ2n) is 6.28. The predicted molar refractivity (Wildman–Crippen MR) is 75.1 cm³/mol. The molecule has 4 N–H and O–H groups in total. The van der Waals surface area contributed by atoms with Crippen LogP contribution in [0, 0.1) is 0 Å². The quantitative estimate of drug-likeness (QED) is 0.645. The standard InChI is InChI=1S/C12H25N3O3S/c1-11(2,15-19(3,17)18)9-14-10(16)8-12(13)6-4-5-7-12/h15H,4-9,13H2,1-3H3,(H,14,16). The smallest absolute Gasteiger partial charge is 0.221 e. The van der Waals surface area contributed by atoms with Crippen LogP contribution in [0.25, 0.3) is 0 Å². The van der Waals surface area contributed by atoms with Crippen molar-refractivity contribution in [3.8, 4) is 0 Å². The lowest BCUT2D eigenvalue weighted by Gasteiger charge is -2.27. The number of carbonyl (C=O) groups excluding carboxylic acids is 1. The van der Waals surface area contributed by atoms with Gasteiger partial charge in [0.25, 0.3) is 0 Å². The molecule has 0 saturated heterocycles. The number of carbonyl (C=O) groups is 1. The molecule has 0 aromatic rings. The molecule has 0 bridgehead atoms. The molecule has 0 heterocycles. The van der Waals surface area contributed by atoms with Gasteiger partial charge in [-0.25, -0.2) is 13.1 Å². The Balaban J connectivity index is 2.41. The number of rotatable bonds is 6. The summed E-state index contributed by atoms with van der Waals surface area (Å²) in [6, 6.07) is 0. The Hall–Kier alpha value is -0.660. The molecule has 1 aliphatic carbocycles. The second-order valence-corrected chi connectivity index (χ2v) is 8.03. The third-order valence-electron chi connectivity index (χ3n) is 3.30. The Morgan fingerprint density at radius 1 is 1.32 bits per heavy atom. The molecular formula is C12H25N3O3S. The lowest BCUT2D eigenvalue weighted by Crippen LogP contribution is -2.52. The van der Waals surface area contributed by atoms with E-state index < -0.39 is 15.6 Å². The van der Waals surface area contributed by atoms with Crippen molar-refractivity contribution in [3.63, 3.8) is 0 Å². The molecular weight excluding hydrogens is 266 g/mol. The van der Waals surface area contributed by atoms with E-state index in [2.05, 4.69) is 10.0 Å². The van der Waals surface area contributed by atoms with E-state index in [1.165, 1.54) is 0 Å². The van der Waals surface area contributed by atoms with Gasteiger partial charge in [-0.15, -0.1) is 0 Å². The Labute approximate surface area is 115 Å². The zero-order valence-electron chi connectivity index (χ0n) is 12.0. The van der Waals surface area contributed by atoms with Gasteiger partial charge in [0.1, 0.15) is 0 Å². The molecule has 6 nitrogen and oxygen atoms in total. The Kier molecular flexibility index (Phi) is 4.97. The SMILES string of the molecule is CC(C)(CNC(=O)CC1(N)CCCC1)NS(C)(=O)=O. The number of hydrogen-bond donors (Lipinski definition) is 3. The first kappa shape index (κ1) is 16.4.